The average Bonchev–Trinajstić information content (AvgIpc) is 3.45. The van der Waals surface area contributed by atoms with Crippen LogP contribution in [0.15, 0.2) is 54.9 Å². The van der Waals surface area contributed by atoms with Crippen LogP contribution in [0, 0.1) is 13.8 Å². The number of halogens is 3. The van der Waals surface area contributed by atoms with E-state index in [0.717, 1.165) is 35.4 Å². The summed E-state index contributed by atoms with van der Waals surface area (Å²) in [4.78, 5) is 13.8. The topological polar surface area (TPSA) is 68.8 Å². The van der Waals surface area contributed by atoms with Gasteiger partial charge in [-0.3, -0.25) is 4.98 Å². The van der Waals surface area contributed by atoms with Crippen molar-refractivity contribution in [3.05, 3.63) is 111 Å². The van der Waals surface area contributed by atoms with E-state index in [1.807, 2.05) is 62.2 Å². The van der Waals surface area contributed by atoms with Crippen molar-refractivity contribution in [3.8, 4) is 0 Å². The third-order valence-corrected chi connectivity index (χ3v) is 8.31. The number of hydrogen-bond donors (Lipinski definition) is 1. The van der Waals surface area contributed by atoms with Crippen molar-refractivity contribution in [2.75, 3.05) is 0 Å². The molecule has 0 saturated heterocycles. The van der Waals surface area contributed by atoms with Gasteiger partial charge in [-0.1, -0.05) is 48.9 Å². The van der Waals surface area contributed by atoms with Crippen molar-refractivity contribution in [1.82, 2.24) is 24.1 Å². The van der Waals surface area contributed by atoms with Gasteiger partial charge in [0.25, 0.3) is 5.92 Å². The summed E-state index contributed by atoms with van der Waals surface area (Å²) in [6, 6.07) is 11.9. The number of pyridine rings is 1. The molecule has 5 rings (SSSR count). The summed E-state index contributed by atoms with van der Waals surface area (Å²) in [6.07, 6.45) is 4.45. The quantitative estimate of drug-likeness (QED) is 0.245. The number of nitrogens with zero attached hydrogens (tertiary/aromatic N) is 5. The van der Waals surface area contributed by atoms with Crippen LogP contribution in [0.1, 0.15) is 64.8 Å². The van der Waals surface area contributed by atoms with Crippen molar-refractivity contribution in [2.45, 2.75) is 52.1 Å². The Hall–Kier alpha value is -3.62. The van der Waals surface area contributed by atoms with Crippen molar-refractivity contribution >= 4 is 22.5 Å². The van der Waals surface area contributed by atoms with Crippen LogP contribution in [-0.4, -0.2) is 29.2 Å². The SMILES string of the molecule is CCc1nc2ccc(C(O)(c3cnc(C)n3C)c3cnc(C)n3C)cc2c(Cl)c1Cc1ccc(C(C)(F)F)cc1. The largest absolute Gasteiger partial charge is 0.373 e. The molecule has 0 bridgehead atoms. The monoisotopic (exact) mass is 563 g/mol. The number of imidazole rings is 2. The summed E-state index contributed by atoms with van der Waals surface area (Å²) in [5.74, 6) is -1.38. The average molecular weight is 564 g/mol. The minimum absolute atomic E-state index is 0.0329. The second-order valence-corrected chi connectivity index (χ2v) is 10.8. The second-order valence-electron chi connectivity index (χ2n) is 10.4. The van der Waals surface area contributed by atoms with Gasteiger partial charge in [0, 0.05) is 44.1 Å². The summed E-state index contributed by atoms with van der Waals surface area (Å²) < 4.78 is 31.2. The van der Waals surface area contributed by atoms with Gasteiger partial charge in [-0.25, -0.2) is 18.7 Å². The van der Waals surface area contributed by atoms with Gasteiger partial charge in [0.2, 0.25) is 0 Å². The summed E-state index contributed by atoms with van der Waals surface area (Å²) in [6.45, 7) is 6.66. The molecule has 208 valence electrons. The fourth-order valence-corrected chi connectivity index (χ4v) is 5.56. The first-order valence-electron chi connectivity index (χ1n) is 13.1. The van der Waals surface area contributed by atoms with Crippen LogP contribution in [0.3, 0.4) is 0 Å². The molecular weight excluding hydrogens is 532 g/mol. The first-order valence-corrected chi connectivity index (χ1v) is 13.5. The highest BCUT2D eigenvalue weighted by Crippen LogP contribution is 2.40. The number of aromatic nitrogens is 5. The maximum Gasteiger partial charge on any atom is 0.270 e. The summed E-state index contributed by atoms with van der Waals surface area (Å²) in [5, 5.41) is 13.7. The fraction of sp³-hybridized carbons (Fsp3) is 0.323. The molecule has 3 heterocycles. The third-order valence-electron chi connectivity index (χ3n) is 7.88. The van der Waals surface area contributed by atoms with Crippen molar-refractivity contribution in [2.24, 2.45) is 14.1 Å². The molecule has 0 aliphatic carbocycles. The summed E-state index contributed by atoms with van der Waals surface area (Å²) in [7, 11) is 3.74. The zero-order chi connectivity index (χ0) is 29.0. The van der Waals surface area contributed by atoms with Gasteiger partial charge in [-0.05, 0) is 49.1 Å². The first-order chi connectivity index (χ1) is 18.9. The predicted molar refractivity (Wildman–Crippen MR) is 153 cm³/mol. The van der Waals surface area contributed by atoms with E-state index in [2.05, 4.69) is 9.97 Å². The molecule has 0 saturated carbocycles. The fourth-order valence-electron chi connectivity index (χ4n) is 5.23. The lowest BCUT2D eigenvalue weighted by molar-refractivity contribution is 0.0174. The van der Waals surface area contributed by atoms with Gasteiger partial charge >= 0.3 is 0 Å². The number of hydrogen-bond acceptors (Lipinski definition) is 4. The van der Waals surface area contributed by atoms with Crippen LogP contribution in [0.25, 0.3) is 10.9 Å². The number of rotatable bonds is 7. The Labute approximate surface area is 237 Å². The Balaban J connectivity index is 1.68. The number of fused-ring (bicyclic) bond motifs is 1. The molecule has 40 heavy (non-hydrogen) atoms. The van der Waals surface area contributed by atoms with E-state index in [0.29, 0.717) is 45.7 Å². The lowest BCUT2D eigenvalue weighted by atomic mass is 9.86. The molecule has 0 amide bonds. The number of aliphatic hydroxyl groups is 1. The molecule has 3 aromatic heterocycles. The van der Waals surface area contributed by atoms with E-state index in [4.69, 9.17) is 16.6 Å². The van der Waals surface area contributed by atoms with Crippen molar-refractivity contribution in [1.29, 1.82) is 0 Å². The highest BCUT2D eigenvalue weighted by Gasteiger charge is 2.40. The normalized spacial score (nSPS) is 12.4. The zero-order valence-corrected chi connectivity index (χ0v) is 24.2. The smallest absolute Gasteiger partial charge is 0.270 e. The van der Waals surface area contributed by atoms with Gasteiger partial charge in [0.15, 0.2) is 5.60 Å². The highest BCUT2D eigenvalue weighted by molar-refractivity contribution is 6.36. The Morgan fingerprint density at radius 2 is 1.45 bits per heavy atom. The molecule has 0 atom stereocenters. The molecule has 0 unspecified atom stereocenters. The van der Waals surface area contributed by atoms with Gasteiger partial charge in [-0.15, -0.1) is 0 Å². The molecule has 6 nitrogen and oxygen atoms in total. The van der Waals surface area contributed by atoms with Gasteiger partial charge in [0.1, 0.15) is 11.6 Å². The third kappa shape index (κ3) is 4.59. The van der Waals surface area contributed by atoms with Crippen LogP contribution in [-0.2, 0) is 38.5 Å². The number of benzene rings is 2. The van der Waals surface area contributed by atoms with E-state index in [1.54, 1.807) is 24.5 Å². The molecule has 1 N–H and O–H groups in total. The van der Waals surface area contributed by atoms with Crippen molar-refractivity contribution < 1.29 is 13.9 Å². The Bertz CT molecular complexity index is 1670. The van der Waals surface area contributed by atoms with Gasteiger partial charge in [0.05, 0.1) is 34.3 Å². The molecule has 0 fully saturated rings. The van der Waals surface area contributed by atoms with Crippen molar-refractivity contribution in [3.63, 3.8) is 0 Å². The molecular formula is C31H32ClF2N5O. The molecule has 0 aliphatic heterocycles. The maximum absolute atomic E-state index is 13.7. The van der Waals surface area contributed by atoms with Gasteiger partial charge < -0.3 is 14.2 Å². The van der Waals surface area contributed by atoms with Crippen LogP contribution in [0.5, 0.6) is 0 Å². The molecule has 5 aromatic rings. The zero-order valence-electron chi connectivity index (χ0n) is 23.4. The highest BCUT2D eigenvalue weighted by atomic mass is 35.5. The van der Waals surface area contributed by atoms with E-state index in [1.165, 1.54) is 12.1 Å². The molecule has 9 heteroatoms. The Kier molecular flexibility index (Phi) is 7.04. The number of aryl methyl sites for hydroxylation is 3. The van der Waals surface area contributed by atoms with E-state index < -0.39 is 11.5 Å². The molecule has 2 aromatic carbocycles. The molecule has 0 spiro atoms. The van der Waals surface area contributed by atoms with Gasteiger partial charge in [-0.2, -0.15) is 0 Å². The van der Waals surface area contributed by atoms with Crippen LogP contribution < -0.4 is 0 Å². The van der Waals surface area contributed by atoms with E-state index in [9.17, 15) is 13.9 Å². The van der Waals surface area contributed by atoms with Crippen LogP contribution >= 0.6 is 11.6 Å². The Morgan fingerprint density at radius 1 is 0.900 bits per heavy atom. The lowest BCUT2D eigenvalue weighted by Gasteiger charge is -2.30. The molecule has 0 radical (unpaired) electrons. The molecule has 0 aliphatic rings. The lowest BCUT2D eigenvalue weighted by Crippen LogP contribution is -2.33. The summed E-state index contributed by atoms with van der Waals surface area (Å²) >= 11 is 7.09. The maximum atomic E-state index is 13.7. The van der Waals surface area contributed by atoms with E-state index >= 15 is 0 Å². The Morgan fingerprint density at radius 3 is 1.93 bits per heavy atom. The predicted octanol–water partition coefficient (Wildman–Crippen LogP) is 6.52. The first kappa shape index (κ1) is 27.9. The standard InChI is InChI=1S/C31H32ClF2N5O/c1-7-25-23(14-20-8-10-21(11-9-20)30(4,33)34)29(32)24-15-22(12-13-26(24)37-25)31(40,27-16-35-18(2)38(27)5)28-17-36-19(3)39(28)6/h8-13,15-17,40H,7,14H2,1-6H3. The number of alkyl halides is 2. The van der Waals surface area contributed by atoms with Crippen LogP contribution in [0.2, 0.25) is 5.02 Å². The minimum Gasteiger partial charge on any atom is -0.373 e. The van der Waals surface area contributed by atoms with E-state index in [-0.39, 0.29) is 5.56 Å². The minimum atomic E-state index is -2.90. The summed E-state index contributed by atoms with van der Waals surface area (Å²) in [5.41, 5.74) is 3.41. The second kappa shape index (κ2) is 10.1. The van der Waals surface area contributed by atoms with Crippen LogP contribution in [0.4, 0.5) is 8.78 Å².